The van der Waals surface area contributed by atoms with E-state index >= 15 is 0 Å². The Morgan fingerprint density at radius 3 is 2.41 bits per heavy atom. The maximum atomic E-state index is 14.7. The van der Waals surface area contributed by atoms with Gasteiger partial charge in [-0.3, -0.25) is 9.59 Å². The van der Waals surface area contributed by atoms with E-state index < -0.39 is 28.5 Å². The lowest BCUT2D eigenvalue weighted by atomic mass is 9.51. The van der Waals surface area contributed by atoms with Gasteiger partial charge in [0, 0.05) is 6.20 Å². The molecule has 4 N–H and O–H groups in total. The maximum absolute atomic E-state index is 14.7. The molecule has 1 aliphatic heterocycles. The molecular formula is C24H32BrFN4O2. The minimum absolute atomic E-state index is 0.0171. The van der Waals surface area contributed by atoms with Gasteiger partial charge in [-0.2, -0.15) is 0 Å². The first-order chi connectivity index (χ1) is 15.3. The number of halogens is 2. The second kappa shape index (κ2) is 7.76. The van der Waals surface area contributed by atoms with E-state index in [0.717, 1.165) is 58.2 Å². The quantitative estimate of drug-likeness (QED) is 0.417. The molecule has 0 radical (unpaired) electrons. The van der Waals surface area contributed by atoms with Crippen molar-refractivity contribution in [3.63, 3.8) is 0 Å². The Morgan fingerprint density at radius 2 is 1.81 bits per heavy atom. The van der Waals surface area contributed by atoms with Crippen molar-refractivity contribution in [2.75, 3.05) is 19.6 Å². The molecule has 4 fully saturated rings. The number of hydrogen-bond donors (Lipinski definition) is 2. The van der Waals surface area contributed by atoms with E-state index in [0.29, 0.717) is 12.0 Å². The van der Waals surface area contributed by atoms with Crippen LogP contribution in [0, 0.1) is 28.5 Å². The maximum Gasteiger partial charge on any atom is 0.229 e. The highest BCUT2D eigenvalue weighted by molar-refractivity contribution is 9.10. The fraction of sp³-hybridized carbons (Fsp3) is 0.708. The van der Waals surface area contributed by atoms with Gasteiger partial charge in [0.05, 0.1) is 10.8 Å². The van der Waals surface area contributed by atoms with Gasteiger partial charge < -0.3 is 16.4 Å². The van der Waals surface area contributed by atoms with Crippen LogP contribution in [0.3, 0.4) is 0 Å². The van der Waals surface area contributed by atoms with E-state index in [4.69, 9.17) is 11.5 Å². The molecule has 1 saturated heterocycles. The van der Waals surface area contributed by atoms with Gasteiger partial charge in [-0.25, -0.2) is 9.37 Å². The Morgan fingerprint density at radius 1 is 1.12 bits per heavy atom. The number of hydrogen-bond acceptors (Lipinski definition) is 4. The first-order valence-corrected chi connectivity index (χ1v) is 12.7. The zero-order valence-corrected chi connectivity index (χ0v) is 20.0. The Bertz CT molecular complexity index is 948. The molecule has 2 heterocycles. The first-order valence-electron chi connectivity index (χ1n) is 11.9. The fourth-order valence-electron chi connectivity index (χ4n) is 8.20. The van der Waals surface area contributed by atoms with Crippen LogP contribution in [0.5, 0.6) is 0 Å². The van der Waals surface area contributed by atoms with Gasteiger partial charge in [-0.05, 0) is 116 Å². The Kier molecular flexibility index (Phi) is 5.40. The second-order valence-electron chi connectivity index (χ2n) is 10.4. The van der Waals surface area contributed by atoms with Crippen molar-refractivity contribution in [3.8, 4) is 0 Å². The van der Waals surface area contributed by atoms with Gasteiger partial charge in [-0.15, -0.1) is 0 Å². The van der Waals surface area contributed by atoms with Crippen molar-refractivity contribution < 1.29 is 14.0 Å². The largest absolute Gasteiger partial charge is 0.369 e. The molecule has 0 aromatic carbocycles. The summed E-state index contributed by atoms with van der Waals surface area (Å²) in [6.07, 6.45) is 9.90. The smallest absolute Gasteiger partial charge is 0.229 e. The molecule has 32 heavy (non-hydrogen) atoms. The number of unbranched alkanes of at least 4 members (excludes halogenated alkanes) is 1. The van der Waals surface area contributed by atoms with Crippen LogP contribution in [0.1, 0.15) is 63.4 Å². The van der Waals surface area contributed by atoms with Gasteiger partial charge in [0.1, 0.15) is 4.60 Å². The van der Waals surface area contributed by atoms with Gasteiger partial charge >= 0.3 is 0 Å². The van der Waals surface area contributed by atoms with Crippen molar-refractivity contribution in [1.82, 2.24) is 9.88 Å². The predicted molar refractivity (Wildman–Crippen MR) is 122 cm³/mol. The third-order valence-electron chi connectivity index (χ3n) is 9.35. The Balaban J connectivity index is 1.57. The molecule has 174 valence electrons. The summed E-state index contributed by atoms with van der Waals surface area (Å²) in [4.78, 5) is 33.4. The number of carbonyl (C=O) groups excluding carboxylic acids is 2. The van der Waals surface area contributed by atoms with Crippen molar-refractivity contribution >= 4 is 27.7 Å². The predicted octanol–water partition coefficient (Wildman–Crippen LogP) is 3.26. The average molecular weight is 507 g/mol. The van der Waals surface area contributed by atoms with Crippen LogP contribution in [-0.2, 0) is 15.0 Å². The van der Waals surface area contributed by atoms with E-state index in [1.165, 1.54) is 25.1 Å². The van der Waals surface area contributed by atoms with E-state index in [2.05, 4.69) is 25.8 Å². The molecule has 0 unspecified atom stereocenters. The van der Waals surface area contributed by atoms with Gasteiger partial charge in [0.15, 0.2) is 5.82 Å². The fourth-order valence-corrected chi connectivity index (χ4v) is 8.42. The van der Waals surface area contributed by atoms with E-state index in [1.807, 2.05) is 0 Å². The number of nitrogens with zero attached hydrogens (tertiary/aromatic N) is 2. The Hall–Kier alpha value is -1.54. The summed E-state index contributed by atoms with van der Waals surface area (Å²) in [7, 11) is 0. The molecule has 1 aromatic rings. The van der Waals surface area contributed by atoms with Crippen LogP contribution in [-0.4, -0.2) is 41.3 Å². The van der Waals surface area contributed by atoms with Crippen LogP contribution >= 0.6 is 15.9 Å². The third kappa shape index (κ3) is 2.81. The highest BCUT2D eigenvalue weighted by Gasteiger charge is 2.83. The highest BCUT2D eigenvalue weighted by Crippen LogP contribution is 2.82. The number of pyridine rings is 1. The standard InChI is InChI=1S/C24H32BrFN4O2/c25-19-16(26)13-15(14-29-19)24(21(28)32)18-6-5-17(22(18)8-9-22)23(24,20(27)31)7-1-2-10-30-11-3-4-12-30/h13-14,17-18H,1-12H2,(H2,27,31)(H2,28,32)/t17-,18+,23+,24-/m1/s1. The molecule has 5 rings (SSSR count). The lowest BCUT2D eigenvalue weighted by Gasteiger charge is -2.50. The first kappa shape index (κ1) is 22.3. The molecule has 2 amide bonds. The molecular weight excluding hydrogens is 475 g/mol. The van der Waals surface area contributed by atoms with Gasteiger partial charge in [0.25, 0.3) is 0 Å². The van der Waals surface area contributed by atoms with Crippen molar-refractivity contribution in [2.24, 2.45) is 34.1 Å². The molecule has 1 aromatic heterocycles. The minimum Gasteiger partial charge on any atom is -0.369 e. The van der Waals surface area contributed by atoms with E-state index in [-0.39, 0.29) is 21.9 Å². The summed E-state index contributed by atoms with van der Waals surface area (Å²) < 4.78 is 14.7. The van der Waals surface area contributed by atoms with Crippen LogP contribution in [0.4, 0.5) is 4.39 Å². The minimum atomic E-state index is -1.31. The number of aromatic nitrogens is 1. The number of rotatable bonds is 8. The summed E-state index contributed by atoms with van der Waals surface area (Å²) in [6, 6.07) is 1.35. The molecule has 3 saturated carbocycles. The molecule has 8 heteroatoms. The molecule has 2 bridgehead atoms. The number of primary amides is 2. The summed E-state index contributed by atoms with van der Waals surface area (Å²) in [5.74, 6) is -1.64. The number of carbonyl (C=O) groups is 2. The van der Waals surface area contributed by atoms with Crippen LogP contribution in [0.2, 0.25) is 0 Å². The second-order valence-corrected chi connectivity index (χ2v) is 11.2. The molecule has 1 spiro atoms. The highest BCUT2D eigenvalue weighted by atomic mass is 79.9. The van der Waals surface area contributed by atoms with Crippen LogP contribution in [0.25, 0.3) is 0 Å². The third-order valence-corrected chi connectivity index (χ3v) is 9.94. The van der Waals surface area contributed by atoms with Crippen molar-refractivity contribution in [2.45, 2.75) is 63.2 Å². The van der Waals surface area contributed by atoms with Crippen LogP contribution < -0.4 is 11.5 Å². The van der Waals surface area contributed by atoms with Gasteiger partial charge in [-0.1, -0.05) is 6.42 Å². The summed E-state index contributed by atoms with van der Waals surface area (Å²) in [5.41, 5.74) is 10.3. The lowest BCUT2D eigenvalue weighted by molar-refractivity contribution is -0.147. The lowest BCUT2D eigenvalue weighted by Crippen LogP contribution is -2.63. The molecule has 4 aliphatic rings. The topological polar surface area (TPSA) is 102 Å². The van der Waals surface area contributed by atoms with Crippen LogP contribution in [0.15, 0.2) is 16.9 Å². The normalized spacial score (nSPS) is 34.9. The summed E-state index contributed by atoms with van der Waals surface area (Å²) in [6.45, 7) is 3.25. The molecule has 3 aliphatic carbocycles. The SMILES string of the molecule is NC(=O)[C@]1(CCCCN2CCCC2)[C@@H]2CC[C@@H](C23CC3)[C@@]1(C(N)=O)c1cnc(Br)c(F)c1. The van der Waals surface area contributed by atoms with Crippen molar-refractivity contribution in [3.05, 3.63) is 28.2 Å². The Labute approximate surface area is 196 Å². The summed E-state index contributed by atoms with van der Waals surface area (Å²) >= 11 is 3.11. The number of nitrogens with two attached hydrogens (primary N) is 2. The van der Waals surface area contributed by atoms with E-state index in [1.54, 1.807) is 0 Å². The number of likely N-dealkylation sites (tertiary alicyclic amines) is 1. The molecule has 4 atom stereocenters. The zero-order valence-electron chi connectivity index (χ0n) is 18.4. The van der Waals surface area contributed by atoms with Crippen molar-refractivity contribution in [1.29, 1.82) is 0 Å². The number of amides is 2. The van der Waals surface area contributed by atoms with Gasteiger partial charge in [0.2, 0.25) is 11.8 Å². The monoisotopic (exact) mass is 506 g/mol. The zero-order chi connectivity index (χ0) is 22.7. The average Bonchev–Trinajstić information content (AvgIpc) is 3.12. The summed E-state index contributed by atoms with van der Waals surface area (Å²) in [5, 5.41) is 0. The van der Waals surface area contributed by atoms with E-state index in [9.17, 15) is 14.0 Å². The molecule has 6 nitrogen and oxygen atoms in total.